The summed E-state index contributed by atoms with van der Waals surface area (Å²) in [6, 6.07) is 5.30. The number of methoxy groups -OCH3 is 2. The smallest absolute Gasteiger partial charge is 0.234 e. The number of thioether (sulfide) groups is 1. The highest BCUT2D eigenvalue weighted by Crippen LogP contribution is 2.28. The van der Waals surface area contributed by atoms with Crippen LogP contribution in [0.25, 0.3) is 0 Å². The maximum atomic E-state index is 11.8. The summed E-state index contributed by atoms with van der Waals surface area (Å²) >= 11 is 1.56. The number of anilines is 1. The molecular formula is C14H19NO3S. The highest BCUT2D eigenvalue weighted by molar-refractivity contribution is 8.00. The van der Waals surface area contributed by atoms with Gasteiger partial charge in [0.15, 0.2) is 0 Å². The van der Waals surface area contributed by atoms with Crippen molar-refractivity contribution in [3.63, 3.8) is 0 Å². The summed E-state index contributed by atoms with van der Waals surface area (Å²) < 4.78 is 10.3. The number of carbonyl (C=O) groups excluding carboxylic acids is 1. The number of hydrogen-bond acceptors (Lipinski definition) is 4. The summed E-state index contributed by atoms with van der Waals surface area (Å²) in [5.74, 6) is 2.48. The number of hydrogen-bond donors (Lipinski definition) is 1. The van der Waals surface area contributed by atoms with Crippen LogP contribution in [-0.2, 0) is 4.79 Å². The number of nitrogens with one attached hydrogen (secondary N) is 1. The summed E-state index contributed by atoms with van der Waals surface area (Å²) in [5, 5.41) is 2.82. The average Bonchev–Trinajstić information content (AvgIpc) is 2.43. The van der Waals surface area contributed by atoms with E-state index in [1.165, 1.54) is 0 Å². The molecule has 0 bridgehead atoms. The fourth-order valence-electron chi connectivity index (χ4n) is 1.41. The molecule has 0 unspecified atom stereocenters. The van der Waals surface area contributed by atoms with E-state index >= 15 is 0 Å². The molecule has 0 saturated heterocycles. The third-order valence-corrected chi connectivity index (χ3v) is 3.26. The molecule has 0 aliphatic rings. The Hall–Kier alpha value is -1.62. The molecule has 0 saturated carbocycles. The molecule has 1 N–H and O–H groups in total. The van der Waals surface area contributed by atoms with E-state index < -0.39 is 0 Å². The summed E-state index contributed by atoms with van der Waals surface area (Å²) in [6.45, 7) is 1.96. The largest absolute Gasteiger partial charge is 0.497 e. The van der Waals surface area contributed by atoms with Crippen LogP contribution >= 0.6 is 11.8 Å². The monoisotopic (exact) mass is 281 g/mol. The second-order valence-corrected chi connectivity index (χ2v) is 4.73. The van der Waals surface area contributed by atoms with E-state index in [1.54, 1.807) is 44.2 Å². The van der Waals surface area contributed by atoms with E-state index in [1.807, 2.05) is 19.1 Å². The van der Waals surface area contributed by atoms with Crippen molar-refractivity contribution in [1.82, 2.24) is 0 Å². The maximum absolute atomic E-state index is 11.8. The predicted molar refractivity (Wildman–Crippen MR) is 80.3 cm³/mol. The van der Waals surface area contributed by atoms with Gasteiger partial charge in [-0.05, 0) is 19.1 Å². The first-order chi connectivity index (χ1) is 9.21. The van der Waals surface area contributed by atoms with E-state index in [-0.39, 0.29) is 5.91 Å². The number of benzene rings is 1. The van der Waals surface area contributed by atoms with Crippen molar-refractivity contribution in [2.75, 3.05) is 31.0 Å². The normalized spacial score (nSPS) is 10.5. The molecular weight excluding hydrogens is 262 g/mol. The quantitative estimate of drug-likeness (QED) is 0.616. The molecule has 0 radical (unpaired) electrons. The van der Waals surface area contributed by atoms with Crippen LogP contribution in [0.15, 0.2) is 30.4 Å². The Morgan fingerprint density at radius 3 is 2.79 bits per heavy atom. The molecule has 0 spiro atoms. The number of amides is 1. The van der Waals surface area contributed by atoms with Crippen molar-refractivity contribution in [3.8, 4) is 11.5 Å². The van der Waals surface area contributed by atoms with Crippen molar-refractivity contribution in [3.05, 3.63) is 30.4 Å². The van der Waals surface area contributed by atoms with Gasteiger partial charge in [0.2, 0.25) is 5.91 Å². The van der Waals surface area contributed by atoms with Gasteiger partial charge in [-0.1, -0.05) is 12.2 Å². The Morgan fingerprint density at radius 2 is 2.16 bits per heavy atom. The molecule has 1 amide bonds. The summed E-state index contributed by atoms with van der Waals surface area (Å²) in [6.07, 6.45) is 3.99. The number of allylic oxidation sites excluding steroid dienone is 1. The van der Waals surface area contributed by atoms with Crippen LogP contribution in [0.3, 0.4) is 0 Å². The minimum atomic E-state index is -0.0546. The van der Waals surface area contributed by atoms with E-state index in [0.717, 1.165) is 5.75 Å². The molecule has 4 nitrogen and oxygen atoms in total. The van der Waals surface area contributed by atoms with Gasteiger partial charge in [0.25, 0.3) is 0 Å². The first-order valence-electron chi connectivity index (χ1n) is 5.92. The SMILES string of the molecule is C/C=C/CSCC(=O)Nc1cc(OC)ccc1OC. The summed E-state index contributed by atoms with van der Waals surface area (Å²) in [7, 11) is 3.15. The van der Waals surface area contributed by atoms with Crippen LogP contribution in [0.2, 0.25) is 0 Å². The molecule has 1 aromatic rings. The van der Waals surface area contributed by atoms with Gasteiger partial charge >= 0.3 is 0 Å². The number of ether oxygens (including phenoxy) is 2. The molecule has 1 rings (SSSR count). The molecule has 0 aliphatic heterocycles. The van der Waals surface area contributed by atoms with Gasteiger partial charge in [-0.25, -0.2) is 0 Å². The van der Waals surface area contributed by atoms with Gasteiger partial charge < -0.3 is 14.8 Å². The van der Waals surface area contributed by atoms with E-state index in [9.17, 15) is 4.79 Å². The van der Waals surface area contributed by atoms with Gasteiger partial charge in [-0.2, -0.15) is 0 Å². The Bertz CT molecular complexity index is 446. The van der Waals surface area contributed by atoms with Crippen LogP contribution in [-0.4, -0.2) is 31.6 Å². The van der Waals surface area contributed by atoms with Crippen molar-refractivity contribution >= 4 is 23.4 Å². The third kappa shape index (κ3) is 5.26. The van der Waals surface area contributed by atoms with Gasteiger partial charge in [0.1, 0.15) is 11.5 Å². The lowest BCUT2D eigenvalue weighted by atomic mass is 10.2. The van der Waals surface area contributed by atoms with Crippen molar-refractivity contribution < 1.29 is 14.3 Å². The summed E-state index contributed by atoms with van der Waals surface area (Å²) in [5.41, 5.74) is 0.624. The minimum Gasteiger partial charge on any atom is -0.497 e. The standard InChI is InChI=1S/C14H19NO3S/c1-4-5-8-19-10-14(16)15-12-9-11(17-2)6-7-13(12)18-3/h4-7,9H,8,10H2,1-3H3,(H,15,16)/b5-4+. The molecule has 19 heavy (non-hydrogen) atoms. The zero-order valence-corrected chi connectivity index (χ0v) is 12.3. The molecule has 0 heterocycles. The van der Waals surface area contributed by atoms with Gasteiger partial charge in [0, 0.05) is 11.8 Å². The van der Waals surface area contributed by atoms with Crippen molar-refractivity contribution in [2.24, 2.45) is 0 Å². The van der Waals surface area contributed by atoms with Gasteiger partial charge in [-0.15, -0.1) is 11.8 Å². The number of rotatable bonds is 7. The third-order valence-electron chi connectivity index (χ3n) is 2.36. The lowest BCUT2D eigenvalue weighted by Crippen LogP contribution is -2.15. The maximum Gasteiger partial charge on any atom is 0.234 e. The first-order valence-corrected chi connectivity index (χ1v) is 7.07. The van der Waals surface area contributed by atoms with E-state index in [2.05, 4.69) is 5.32 Å². The predicted octanol–water partition coefficient (Wildman–Crippen LogP) is 2.95. The fraction of sp³-hybridized carbons (Fsp3) is 0.357. The molecule has 5 heteroatoms. The second kappa shape index (κ2) is 8.48. The molecule has 0 aromatic heterocycles. The van der Waals surface area contributed by atoms with Crippen LogP contribution in [0, 0.1) is 0 Å². The van der Waals surface area contributed by atoms with Crippen molar-refractivity contribution in [1.29, 1.82) is 0 Å². The van der Waals surface area contributed by atoms with Crippen LogP contribution < -0.4 is 14.8 Å². The highest BCUT2D eigenvalue weighted by atomic mass is 32.2. The van der Waals surface area contributed by atoms with Gasteiger partial charge in [0.05, 0.1) is 25.7 Å². The Labute approximate surface area is 118 Å². The molecule has 0 aliphatic carbocycles. The molecule has 0 fully saturated rings. The van der Waals surface area contributed by atoms with Gasteiger partial charge in [-0.3, -0.25) is 4.79 Å². The van der Waals surface area contributed by atoms with Crippen LogP contribution in [0.4, 0.5) is 5.69 Å². The topological polar surface area (TPSA) is 47.6 Å². The average molecular weight is 281 g/mol. The van der Waals surface area contributed by atoms with E-state index in [0.29, 0.717) is 22.9 Å². The first kappa shape index (κ1) is 15.4. The molecule has 1 aromatic carbocycles. The number of carbonyl (C=O) groups is 1. The summed E-state index contributed by atoms with van der Waals surface area (Å²) in [4.78, 5) is 11.8. The lowest BCUT2D eigenvalue weighted by Gasteiger charge is -2.11. The minimum absolute atomic E-state index is 0.0546. The van der Waals surface area contributed by atoms with Crippen LogP contribution in [0.5, 0.6) is 11.5 Å². The Balaban J connectivity index is 2.61. The zero-order valence-electron chi connectivity index (χ0n) is 11.4. The highest BCUT2D eigenvalue weighted by Gasteiger charge is 2.08. The lowest BCUT2D eigenvalue weighted by molar-refractivity contribution is -0.113. The Kier molecular flexibility index (Phi) is 6.89. The van der Waals surface area contributed by atoms with Crippen LogP contribution in [0.1, 0.15) is 6.92 Å². The molecule has 0 atom stereocenters. The zero-order chi connectivity index (χ0) is 14.1. The Morgan fingerprint density at radius 1 is 1.37 bits per heavy atom. The van der Waals surface area contributed by atoms with E-state index in [4.69, 9.17) is 9.47 Å². The fourth-order valence-corrected chi connectivity index (χ4v) is 2.12. The van der Waals surface area contributed by atoms with Crippen molar-refractivity contribution in [2.45, 2.75) is 6.92 Å². The molecule has 104 valence electrons. The second-order valence-electron chi connectivity index (χ2n) is 3.70.